The van der Waals surface area contributed by atoms with Gasteiger partial charge in [0, 0.05) is 39.4 Å². The number of anilines is 1. The maximum atomic E-state index is 12.3. The van der Waals surface area contributed by atoms with E-state index in [4.69, 9.17) is 0 Å². The summed E-state index contributed by atoms with van der Waals surface area (Å²) in [6.07, 6.45) is 5.85. The second-order valence-corrected chi connectivity index (χ2v) is 8.71. The summed E-state index contributed by atoms with van der Waals surface area (Å²) in [4.78, 5) is 19.8. The van der Waals surface area contributed by atoms with Gasteiger partial charge in [-0.05, 0) is 47.0 Å². The van der Waals surface area contributed by atoms with Crippen molar-refractivity contribution in [3.8, 4) is 11.4 Å². The van der Waals surface area contributed by atoms with Gasteiger partial charge in [0.1, 0.15) is 5.82 Å². The molecule has 0 unspecified atom stereocenters. The molecule has 0 atom stereocenters. The van der Waals surface area contributed by atoms with Crippen LogP contribution in [0.5, 0.6) is 0 Å². The van der Waals surface area contributed by atoms with Crippen LogP contribution in [0.1, 0.15) is 18.9 Å². The number of fused-ring (bicyclic) bond motifs is 1. The lowest BCUT2D eigenvalue weighted by Crippen LogP contribution is -2.15. The summed E-state index contributed by atoms with van der Waals surface area (Å²) in [5.41, 5.74) is 2.11. The standard InChI is InChI=1S/C20H17BrN6OS/c21-12-5-8-17(23-9-12)24-18(28)11-29-20-26-25-19(27(20)13-6-7-13)15-10-22-16-4-2-1-3-14(15)16/h1-5,8-10,13,22H,6-7,11H2,(H,23,24,28). The third-order valence-corrected chi connectivity index (χ3v) is 6.15. The number of hydrogen-bond donors (Lipinski definition) is 2. The zero-order valence-electron chi connectivity index (χ0n) is 15.3. The molecule has 1 saturated carbocycles. The van der Waals surface area contributed by atoms with Crippen LogP contribution < -0.4 is 5.32 Å². The lowest BCUT2D eigenvalue weighted by molar-refractivity contribution is -0.113. The minimum absolute atomic E-state index is 0.121. The average molecular weight is 469 g/mol. The van der Waals surface area contributed by atoms with Crippen LogP contribution in [-0.4, -0.2) is 36.4 Å². The minimum Gasteiger partial charge on any atom is -0.360 e. The van der Waals surface area contributed by atoms with Gasteiger partial charge in [0.2, 0.25) is 5.91 Å². The highest BCUT2D eigenvalue weighted by Gasteiger charge is 2.31. The summed E-state index contributed by atoms with van der Waals surface area (Å²) in [5, 5.41) is 13.6. The molecule has 0 bridgehead atoms. The fourth-order valence-corrected chi connectivity index (χ4v) is 4.28. The molecule has 1 fully saturated rings. The lowest BCUT2D eigenvalue weighted by atomic mass is 10.1. The summed E-state index contributed by atoms with van der Waals surface area (Å²) < 4.78 is 3.04. The number of nitrogens with one attached hydrogen (secondary N) is 2. The highest BCUT2D eigenvalue weighted by Crippen LogP contribution is 2.42. The molecular formula is C20H17BrN6OS. The monoisotopic (exact) mass is 468 g/mol. The Balaban J connectivity index is 1.36. The number of nitrogens with zero attached hydrogens (tertiary/aromatic N) is 4. The van der Waals surface area contributed by atoms with Crippen LogP contribution in [0.2, 0.25) is 0 Å². The van der Waals surface area contributed by atoms with Crippen LogP contribution in [0.15, 0.2) is 58.4 Å². The van der Waals surface area contributed by atoms with Crippen LogP contribution in [0.4, 0.5) is 5.82 Å². The van der Waals surface area contributed by atoms with Gasteiger partial charge in [-0.25, -0.2) is 4.98 Å². The van der Waals surface area contributed by atoms with E-state index >= 15 is 0 Å². The molecule has 7 nitrogen and oxygen atoms in total. The van der Waals surface area contributed by atoms with Crippen molar-refractivity contribution in [1.82, 2.24) is 24.7 Å². The first-order chi connectivity index (χ1) is 14.2. The fourth-order valence-electron chi connectivity index (χ4n) is 3.24. The number of thioether (sulfide) groups is 1. The molecule has 2 N–H and O–H groups in total. The van der Waals surface area contributed by atoms with E-state index in [9.17, 15) is 4.79 Å². The molecule has 0 aliphatic heterocycles. The molecule has 29 heavy (non-hydrogen) atoms. The number of hydrogen-bond acceptors (Lipinski definition) is 5. The van der Waals surface area contributed by atoms with E-state index in [1.54, 1.807) is 12.3 Å². The molecule has 5 rings (SSSR count). The molecule has 146 valence electrons. The average Bonchev–Trinajstić information content (AvgIpc) is 3.34. The van der Waals surface area contributed by atoms with E-state index in [-0.39, 0.29) is 11.7 Å². The number of para-hydroxylation sites is 1. The van der Waals surface area contributed by atoms with Gasteiger partial charge in [0.25, 0.3) is 0 Å². The van der Waals surface area contributed by atoms with Crippen LogP contribution in [0.25, 0.3) is 22.3 Å². The molecule has 3 aromatic heterocycles. The second-order valence-electron chi connectivity index (χ2n) is 6.85. The second kappa shape index (κ2) is 7.64. The van der Waals surface area contributed by atoms with Crippen molar-refractivity contribution in [2.24, 2.45) is 0 Å². The smallest absolute Gasteiger partial charge is 0.236 e. The molecule has 1 aliphatic carbocycles. The molecule has 0 spiro atoms. The first-order valence-electron chi connectivity index (χ1n) is 9.24. The largest absolute Gasteiger partial charge is 0.360 e. The van der Waals surface area contributed by atoms with Crippen molar-refractivity contribution in [3.05, 3.63) is 53.3 Å². The van der Waals surface area contributed by atoms with E-state index in [0.29, 0.717) is 11.9 Å². The van der Waals surface area contributed by atoms with Crippen LogP contribution in [0, 0.1) is 0 Å². The molecular weight excluding hydrogens is 452 g/mol. The topological polar surface area (TPSA) is 88.5 Å². The minimum atomic E-state index is -0.121. The van der Waals surface area contributed by atoms with Crippen LogP contribution >= 0.6 is 27.7 Å². The van der Waals surface area contributed by atoms with Crippen molar-refractivity contribution < 1.29 is 4.79 Å². The molecule has 0 radical (unpaired) electrons. The van der Waals surface area contributed by atoms with Gasteiger partial charge in [-0.15, -0.1) is 10.2 Å². The van der Waals surface area contributed by atoms with E-state index < -0.39 is 0 Å². The number of amides is 1. The summed E-state index contributed by atoms with van der Waals surface area (Å²) in [6, 6.07) is 12.2. The van der Waals surface area contributed by atoms with Crippen molar-refractivity contribution in [1.29, 1.82) is 0 Å². The molecule has 1 aliphatic rings. The SMILES string of the molecule is O=C(CSc1nnc(-c2c[nH]c3ccccc23)n1C1CC1)Nc1ccc(Br)cn1. The predicted octanol–water partition coefficient (Wildman–Crippen LogP) is 4.65. The number of halogens is 1. The summed E-state index contributed by atoms with van der Waals surface area (Å²) in [7, 11) is 0. The highest BCUT2D eigenvalue weighted by molar-refractivity contribution is 9.10. The molecule has 4 aromatic rings. The summed E-state index contributed by atoms with van der Waals surface area (Å²) in [5.74, 6) is 1.50. The van der Waals surface area contributed by atoms with Crippen LogP contribution in [0.3, 0.4) is 0 Å². The normalized spacial score (nSPS) is 13.7. The first-order valence-corrected chi connectivity index (χ1v) is 11.0. The van der Waals surface area contributed by atoms with E-state index in [2.05, 4.69) is 52.0 Å². The quantitative estimate of drug-likeness (QED) is 0.402. The van der Waals surface area contributed by atoms with Gasteiger partial charge in [0.05, 0.1) is 5.75 Å². The molecule has 9 heteroatoms. The molecule has 1 amide bonds. The van der Waals surface area contributed by atoms with Gasteiger partial charge in [-0.2, -0.15) is 0 Å². The Morgan fingerprint density at radius 2 is 2.10 bits per heavy atom. The summed E-state index contributed by atoms with van der Waals surface area (Å²) >= 11 is 4.73. The van der Waals surface area contributed by atoms with Crippen molar-refractivity contribution >= 4 is 50.3 Å². The van der Waals surface area contributed by atoms with Gasteiger partial charge in [0.15, 0.2) is 11.0 Å². The van der Waals surface area contributed by atoms with Gasteiger partial charge in [-0.3, -0.25) is 9.36 Å². The number of pyridine rings is 1. The number of carbonyl (C=O) groups excluding carboxylic acids is 1. The maximum Gasteiger partial charge on any atom is 0.236 e. The zero-order chi connectivity index (χ0) is 19.8. The molecule has 3 heterocycles. The van der Waals surface area contributed by atoms with Gasteiger partial charge in [-0.1, -0.05) is 30.0 Å². The molecule has 1 aromatic carbocycles. The van der Waals surface area contributed by atoms with E-state index in [0.717, 1.165) is 44.8 Å². The first kappa shape index (κ1) is 18.4. The lowest BCUT2D eigenvalue weighted by Gasteiger charge is -2.08. The zero-order valence-corrected chi connectivity index (χ0v) is 17.7. The van der Waals surface area contributed by atoms with Crippen molar-refractivity contribution in [3.63, 3.8) is 0 Å². The van der Waals surface area contributed by atoms with E-state index in [1.165, 1.54) is 11.8 Å². The third kappa shape index (κ3) is 3.79. The summed E-state index contributed by atoms with van der Waals surface area (Å²) in [6.45, 7) is 0. The predicted molar refractivity (Wildman–Crippen MR) is 117 cm³/mol. The van der Waals surface area contributed by atoms with Crippen LogP contribution in [-0.2, 0) is 4.79 Å². The Labute approximate surface area is 179 Å². The number of aromatic nitrogens is 5. The third-order valence-electron chi connectivity index (χ3n) is 4.73. The van der Waals surface area contributed by atoms with Crippen molar-refractivity contribution in [2.45, 2.75) is 24.0 Å². The number of benzene rings is 1. The Bertz CT molecular complexity index is 1180. The fraction of sp³-hybridized carbons (Fsp3) is 0.200. The van der Waals surface area contributed by atoms with Crippen molar-refractivity contribution in [2.75, 3.05) is 11.1 Å². The number of carbonyl (C=O) groups is 1. The molecule has 0 saturated heterocycles. The number of aromatic amines is 1. The Kier molecular flexibility index (Phi) is 4.84. The van der Waals surface area contributed by atoms with Gasteiger partial charge >= 0.3 is 0 Å². The van der Waals surface area contributed by atoms with E-state index in [1.807, 2.05) is 30.5 Å². The number of rotatable bonds is 6. The van der Waals surface area contributed by atoms with Gasteiger partial charge < -0.3 is 10.3 Å². The Morgan fingerprint density at radius 1 is 1.24 bits per heavy atom. The maximum absolute atomic E-state index is 12.3. The number of H-pyrrole nitrogens is 1. The highest BCUT2D eigenvalue weighted by atomic mass is 79.9. The Hall–Kier alpha value is -2.65. The Morgan fingerprint density at radius 3 is 2.90 bits per heavy atom.